The SMILES string of the molecule is [2H]c1c([2H])c([2H])c(-c2c([2H])c([2H])c(N(c3c([2H])c([2H])c(-c4c([2H])c5c([2H])c([2H])c([2H])c([2H])c5c5c([2H])c([2H])c([2H])c([2H])c45)c([2H])c3[2H])c3ccc(-c4ccccc4-n4c5ccccc5c5ccccc54)c4oc5ccccc5c34)c([2H])c2[2H])c([2H])c1[2H]. The van der Waals surface area contributed by atoms with E-state index in [1.54, 1.807) is 30.3 Å². The standard InChI is InChI=1S/C62H40N2O/c1-2-16-41(17-3-1)42-30-34-45(35-31-42)63(46-36-32-43(33-37-46)55-40-44-18-4-5-19-47(44)48-20-6-7-21-49(48)55)59-39-38-53(62-61(59)54-25-11-15-29-60(54)65-62)52-24-10-14-28-58(52)64-56-26-12-8-22-50(56)51-23-9-13-27-57(51)64/h1-40H/i1D,2D,3D,4D,5D,6D,7D,16D,17D,18D,19D,20D,21D,30D,31D,32D,33D,34D,35D,36D,37D,40D. The van der Waals surface area contributed by atoms with Crippen LogP contribution in [0.15, 0.2) is 247 Å². The lowest BCUT2D eigenvalue weighted by molar-refractivity contribution is 0.670. The second-order valence-corrected chi connectivity index (χ2v) is 15.1. The van der Waals surface area contributed by atoms with Gasteiger partial charge in [0.2, 0.25) is 0 Å². The lowest BCUT2D eigenvalue weighted by Gasteiger charge is -2.27. The Morgan fingerprint density at radius 2 is 0.969 bits per heavy atom. The van der Waals surface area contributed by atoms with Crippen molar-refractivity contribution in [1.82, 2.24) is 4.57 Å². The summed E-state index contributed by atoms with van der Waals surface area (Å²) in [5.41, 5.74) is -0.173. The number of aromatic nitrogens is 1. The minimum atomic E-state index is -0.977. The Hall–Kier alpha value is -8.66. The van der Waals surface area contributed by atoms with Gasteiger partial charge in [-0.15, -0.1) is 0 Å². The smallest absolute Gasteiger partial charge is 0.145 e. The van der Waals surface area contributed by atoms with Crippen LogP contribution in [0.2, 0.25) is 0 Å². The van der Waals surface area contributed by atoms with Gasteiger partial charge in [0.05, 0.1) is 58.0 Å². The van der Waals surface area contributed by atoms with Crippen LogP contribution >= 0.6 is 0 Å². The second-order valence-electron chi connectivity index (χ2n) is 15.1. The Labute approximate surface area is 407 Å². The van der Waals surface area contributed by atoms with Crippen LogP contribution in [0.1, 0.15) is 30.2 Å². The van der Waals surface area contributed by atoms with Gasteiger partial charge < -0.3 is 13.9 Å². The van der Waals surface area contributed by atoms with E-state index in [9.17, 15) is 13.7 Å². The number of nitrogens with zero attached hydrogens (tertiary/aromatic N) is 2. The highest BCUT2D eigenvalue weighted by molar-refractivity contribution is 6.18. The summed E-state index contributed by atoms with van der Waals surface area (Å²) in [6.07, 6.45) is 0. The normalized spacial score (nSPS) is 16.4. The van der Waals surface area contributed by atoms with E-state index in [1.807, 2.05) is 72.8 Å². The lowest BCUT2D eigenvalue weighted by Crippen LogP contribution is -2.10. The van der Waals surface area contributed by atoms with E-state index < -0.39 is 188 Å². The van der Waals surface area contributed by atoms with E-state index in [2.05, 4.69) is 4.57 Å². The van der Waals surface area contributed by atoms with E-state index in [1.165, 1.54) is 6.07 Å². The Kier molecular flexibility index (Phi) is 4.88. The van der Waals surface area contributed by atoms with Crippen LogP contribution in [-0.4, -0.2) is 4.57 Å². The third-order valence-electron chi connectivity index (χ3n) is 11.6. The van der Waals surface area contributed by atoms with E-state index in [4.69, 9.17) is 20.9 Å². The average Bonchev–Trinajstić information content (AvgIpc) is 1.71. The van der Waals surface area contributed by atoms with Crippen LogP contribution < -0.4 is 4.90 Å². The number of benzene rings is 11. The van der Waals surface area contributed by atoms with Gasteiger partial charge in [0.25, 0.3) is 0 Å². The van der Waals surface area contributed by atoms with Crippen molar-refractivity contribution in [3.63, 3.8) is 0 Å². The van der Waals surface area contributed by atoms with E-state index in [-0.39, 0.29) is 16.7 Å². The molecule has 13 rings (SSSR count). The molecule has 304 valence electrons. The minimum Gasteiger partial charge on any atom is -0.455 e. The topological polar surface area (TPSA) is 21.3 Å². The van der Waals surface area contributed by atoms with E-state index >= 15 is 0 Å². The molecule has 13 aromatic rings. The molecule has 11 aromatic carbocycles. The van der Waals surface area contributed by atoms with Crippen LogP contribution in [-0.2, 0) is 0 Å². The number of fused-ring (bicyclic) bond motifs is 9. The summed E-state index contributed by atoms with van der Waals surface area (Å²) >= 11 is 0. The summed E-state index contributed by atoms with van der Waals surface area (Å²) in [4.78, 5) is 0.993. The Morgan fingerprint density at radius 3 is 1.71 bits per heavy atom. The third kappa shape index (κ3) is 5.97. The van der Waals surface area contributed by atoms with Gasteiger partial charge in [0.15, 0.2) is 0 Å². The third-order valence-corrected chi connectivity index (χ3v) is 11.6. The lowest BCUT2D eigenvalue weighted by atomic mass is 9.93. The molecule has 0 fully saturated rings. The van der Waals surface area contributed by atoms with Crippen LogP contribution in [0.5, 0.6) is 0 Å². The molecule has 0 N–H and O–H groups in total. The van der Waals surface area contributed by atoms with Gasteiger partial charge in [0, 0.05) is 38.7 Å². The first-order valence-corrected chi connectivity index (χ1v) is 20.5. The fourth-order valence-corrected chi connectivity index (χ4v) is 8.76. The van der Waals surface area contributed by atoms with Gasteiger partial charge in [0.1, 0.15) is 11.2 Å². The molecule has 0 amide bonds. The first kappa shape index (κ1) is 21.1. The molecular formula is C62H40N2O. The molecule has 3 heteroatoms. The van der Waals surface area contributed by atoms with Crippen LogP contribution in [0, 0.1) is 0 Å². The highest BCUT2D eigenvalue weighted by Crippen LogP contribution is 2.48. The number of rotatable bonds is 7. The quantitative estimate of drug-likeness (QED) is 0.149. The van der Waals surface area contributed by atoms with Gasteiger partial charge in [-0.05, 0) is 110 Å². The summed E-state index contributed by atoms with van der Waals surface area (Å²) in [5, 5.41) is 0.505. The number of hydrogen-bond donors (Lipinski definition) is 0. The molecule has 0 bridgehead atoms. The summed E-state index contributed by atoms with van der Waals surface area (Å²) in [5.74, 6) is 0. The van der Waals surface area contributed by atoms with Crippen molar-refractivity contribution >= 4 is 82.4 Å². The fraction of sp³-hybridized carbons (Fsp3) is 0. The fourth-order valence-electron chi connectivity index (χ4n) is 8.76. The van der Waals surface area contributed by atoms with Crippen molar-refractivity contribution in [3.05, 3.63) is 242 Å². The summed E-state index contributed by atoms with van der Waals surface area (Å²) in [6, 6.07) is 14.5. The molecule has 0 unspecified atom stereocenters. The van der Waals surface area contributed by atoms with Crippen molar-refractivity contribution in [2.45, 2.75) is 0 Å². The van der Waals surface area contributed by atoms with Gasteiger partial charge in [-0.3, -0.25) is 0 Å². The number of anilines is 3. The van der Waals surface area contributed by atoms with Crippen molar-refractivity contribution < 1.29 is 34.6 Å². The van der Waals surface area contributed by atoms with Gasteiger partial charge >= 0.3 is 0 Å². The maximum Gasteiger partial charge on any atom is 0.145 e. The largest absolute Gasteiger partial charge is 0.455 e. The zero-order valence-electron chi connectivity index (χ0n) is 55.7. The summed E-state index contributed by atoms with van der Waals surface area (Å²) in [6.45, 7) is 0. The van der Waals surface area contributed by atoms with Crippen LogP contribution in [0.25, 0.3) is 104 Å². The van der Waals surface area contributed by atoms with Crippen LogP contribution in [0.4, 0.5) is 17.1 Å². The summed E-state index contributed by atoms with van der Waals surface area (Å²) < 4.78 is 211. The molecular weight excluding hydrogens is 789 g/mol. The first-order chi connectivity index (χ1) is 41.4. The zero-order valence-corrected chi connectivity index (χ0v) is 33.7. The molecule has 0 aliphatic rings. The molecule has 0 aliphatic heterocycles. The van der Waals surface area contributed by atoms with Gasteiger partial charge in [-0.2, -0.15) is 0 Å². The number of hydrogen-bond acceptors (Lipinski definition) is 2. The van der Waals surface area contributed by atoms with Crippen LogP contribution in [0.3, 0.4) is 0 Å². The van der Waals surface area contributed by atoms with Gasteiger partial charge in [-0.1, -0.05) is 176 Å². The summed E-state index contributed by atoms with van der Waals surface area (Å²) in [7, 11) is 0. The Balaban J connectivity index is 1.17. The minimum absolute atomic E-state index is 0.0969. The maximum atomic E-state index is 10.1. The molecule has 65 heavy (non-hydrogen) atoms. The molecule has 0 radical (unpaired) electrons. The highest BCUT2D eigenvalue weighted by Gasteiger charge is 2.24. The molecule has 2 heterocycles. The second kappa shape index (κ2) is 15.0. The predicted molar refractivity (Wildman–Crippen MR) is 274 cm³/mol. The van der Waals surface area contributed by atoms with Crippen molar-refractivity contribution in [2.75, 3.05) is 4.90 Å². The van der Waals surface area contributed by atoms with Crippen molar-refractivity contribution in [2.24, 2.45) is 0 Å². The highest BCUT2D eigenvalue weighted by atomic mass is 16.3. The molecule has 0 spiro atoms. The number of para-hydroxylation sites is 4. The number of furan rings is 1. The maximum absolute atomic E-state index is 10.1. The van der Waals surface area contributed by atoms with Crippen molar-refractivity contribution in [1.29, 1.82) is 0 Å². The molecule has 2 aromatic heterocycles. The molecule has 0 atom stereocenters. The predicted octanol–water partition coefficient (Wildman–Crippen LogP) is 17.5. The Bertz CT molecular complexity index is 5150. The van der Waals surface area contributed by atoms with E-state index in [0.29, 0.717) is 22.1 Å². The Morgan fingerprint density at radius 1 is 0.400 bits per heavy atom. The average molecular weight is 851 g/mol. The van der Waals surface area contributed by atoms with Crippen molar-refractivity contribution in [3.8, 4) is 39.1 Å². The zero-order chi connectivity index (χ0) is 62.0. The molecule has 0 saturated heterocycles. The van der Waals surface area contributed by atoms with E-state index in [0.717, 1.165) is 32.4 Å². The first-order valence-electron chi connectivity index (χ1n) is 31.5. The monoisotopic (exact) mass is 850 g/mol. The molecule has 0 saturated carbocycles. The molecule has 3 nitrogen and oxygen atoms in total. The molecule has 0 aliphatic carbocycles. The van der Waals surface area contributed by atoms with Gasteiger partial charge in [-0.25, -0.2) is 0 Å².